The van der Waals surface area contributed by atoms with Crippen LogP contribution < -0.4 is 10.8 Å². The quantitative estimate of drug-likeness (QED) is 0.313. The Balaban J connectivity index is 1.57. The Morgan fingerprint density at radius 3 is 2.83 bits per heavy atom. The maximum atomic E-state index is 13.9. The predicted molar refractivity (Wildman–Crippen MR) is 93.1 cm³/mol. The van der Waals surface area contributed by atoms with Crippen molar-refractivity contribution in [2.45, 2.75) is 51.2 Å². The number of fused-ring (bicyclic) bond motifs is 2. The lowest BCUT2D eigenvalue weighted by molar-refractivity contribution is -0.223. The zero-order valence-electron chi connectivity index (χ0n) is 16.1. The van der Waals surface area contributed by atoms with Crippen LogP contribution in [0.3, 0.4) is 0 Å². The molecule has 2 N–H and O–H groups in total. The minimum Gasteiger partial charge on any atom is -0.462 e. The Bertz CT molecular complexity index is 731. The van der Waals surface area contributed by atoms with Crippen molar-refractivity contribution in [1.82, 2.24) is 20.8 Å². The van der Waals surface area contributed by atoms with Crippen LogP contribution in [0.5, 0.6) is 0 Å². The van der Waals surface area contributed by atoms with Gasteiger partial charge < -0.3 is 15.0 Å². The first-order valence-corrected chi connectivity index (χ1v) is 9.28. The number of ether oxygens (including phenoxy) is 1. The van der Waals surface area contributed by atoms with Crippen molar-refractivity contribution in [1.29, 1.82) is 0 Å². The van der Waals surface area contributed by atoms with Gasteiger partial charge in [0.15, 0.2) is 0 Å². The SMILES string of the molecule is CCOC(=O)[C@H](F)ON1C(=O)N2C[C@@H]1C=C(C)[C@H]2C(=O)NOC[C@@H]1CCC(=O)N1. The van der Waals surface area contributed by atoms with Gasteiger partial charge in [0.25, 0.3) is 5.91 Å². The van der Waals surface area contributed by atoms with Crippen LogP contribution in [0.4, 0.5) is 9.18 Å². The molecule has 0 aromatic carbocycles. The third kappa shape index (κ3) is 4.48. The van der Waals surface area contributed by atoms with Crippen molar-refractivity contribution in [2.24, 2.45) is 0 Å². The Morgan fingerprint density at radius 1 is 1.41 bits per heavy atom. The van der Waals surface area contributed by atoms with Crippen LogP contribution in [0.25, 0.3) is 0 Å². The summed E-state index contributed by atoms with van der Waals surface area (Å²) in [4.78, 5) is 58.9. The molecule has 0 radical (unpaired) electrons. The highest BCUT2D eigenvalue weighted by molar-refractivity contribution is 5.91. The number of hydrogen-bond acceptors (Lipinski definition) is 7. The Labute approximate surface area is 166 Å². The highest BCUT2D eigenvalue weighted by Gasteiger charge is 2.49. The summed E-state index contributed by atoms with van der Waals surface area (Å²) in [5, 5.41) is 3.43. The third-order valence-corrected chi connectivity index (χ3v) is 4.79. The summed E-state index contributed by atoms with van der Waals surface area (Å²) >= 11 is 0. The lowest BCUT2D eigenvalue weighted by Gasteiger charge is -2.28. The van der Waals surface area contributed by atoms with E-state index in [1.807, 2.05) is 0 Å². The fourth-order valence-electron chi connectivity index (χ4n) is 3.49. The number of esters is 1. The first-order valence-electron chi connectivity index (χ1n) is 9.28. The molecule has 12 heteroatoms. The van der Waals surface area contributed by atoms with Crippen LogP contribution >= 0.6 is 0 Å². The summed E-state index contributed by atoms with van der Waals surface area (Å²) in [5.41, 5.74) is 2.83. The molecule has 0 unspecified atom stereocenters. The molecule has 2 bridgehead atoms. The highest BCUT2D eigenvalue weighted by atomic mass is 19.1. The van der Waals surface area contributed by atoms with Crippen molar-refractivity contribution in [3.8, 4) is 0 Å². The summed E-state index contributed by atoms with van der Waals surface area (Å²) < 4.78 is 18.4. The maximum absolute atomic E-state index is 13.9. The molecule has 4 atom stereocenters. The first kappa shape index (κ1) is 21.0. The largest absolute Gasteiger partial charge is 0.462 e. The average Bonchev–Trinajstić information content (AvgIpc) is 3.18. The van der Waals surface area contributed by atoms with Gasteiger partial charge in [-0.25, -0.2) is 24.3 Å². The van der Waals surface area contributed by atoms with Gasteiger partial charge in [-0.05, 0) is 25.8 Å². The van der Waals surface area contributed by atoms with Gasteiger partial charge in [0, 0.05) is 6.42 Å². The third-order valence-electron chi connectivity index (χ3n) is 4.79. The average molecular weight is 414 g/mol. The number of hydrogen-bond donors (Lipinski definition) is 2. The van der Waals surface area contributed by atoms with E-state index in [0.717, 1.165) is 5.06 Å². The van der Waals surface area contributed by atoms with E-state index in [-0.39, 0.29) is 31.7 Å². The van der Waals surface area contributed by atoms with Crippen molar-refractivity contribution in [3.63, 3.8) is 0 Å². The van der Waals surface area contributed by atoms with E-state index < -0.39 is 36.3 Å². The number of amides is 4. The van der Waals surface area contributed by atoms with Crippen molar-refractivity contribution in [3.05, 3.63) is 11.6 Å². The van der Waals surface area contributed by atoms with Crippen molar-refractivity contribution < 1.29 is 38.0 Å². The molecular formula is C17H23FN4O7. The molecule has 0 spiro atoms. The number of carbonyl (C=O) groups excluding carboxylic acids is 4. The van der Waals surface area contributed by atoms with E-state index in [0.29, 0.717) is 18.4 Å². The van der Waals surface area contributed by atoms with Crippen molar-refractivity contribution >= 4 is 23.8 Å². The molecule has 160 valence electrons. The second-order valence-corrected chi connectivity index (χ2v) is 6.90. The molecule has 3 aliphatic heterocycles. The number of hydroxylamine groups is 3. The molecule has 3 aliphatic rings. The number of alkyl halides is 1. The minimum atomic E-state index is -2.45. The summed E-state index contributed by atoms with van der Waals surface area (Å²) in [5.74, 6) is -1.89. The van der Waals surface area contributed by atoms with Gasteiger partial charge in [0.05, 0.1) is 31.8 Å². The topological polar surface area (TPSA) is 127 Å². The molecule has 3 heterocycles. The molecule has 0 aliphatic carbocycles. The van der Waals surface area contributed by atoms with Crippen LogP contribution in [0.15, 0.2) is 11.6 Å². The van der Waals surface area contributed by atoms with E-state index in [2.05, 4.69) is 15.5 Å². The van der Waals surface area contributed by atoms with E-state index >= 15 is 0 Å². The summed E-state index contributed by atoms with van der Waals surface area (Å²) in [7, 11) is 0. The fourth-order valence-corrected chi connectivity index (χ4v) is 3.49. The predicted octanol–water partition coefficient (Wildman–Crippen LogP) is -0.462. The standard InChI is InChI=1S/C17H23FN4O7/c1-3-27-16(25)14(18)29-22-11-6-9(2)13(21(7-11)17(22)26)15(24)20-28-8-10-4-5-12(23)19-10/h6,10-11,13-14H,3-5,7-8H2,1-2H3,(H,19,23)(H,20,24)/t10-,11-,13-,14+/m0/s1. The molecule has 2 saturated heterocycles. The first-order chi connectivity index (χ1) is 13.8. The van der Waals surface area contributed by atoms with Crippen LogP contribution in [-0.4, -0.2) is 78.0 Å². The number of nitrogens with zero attached hydrogens (tertiary/aromatic N) is 2. The van der Waals surface area contributed by atoms with Gasteiger partial charge in [-0.3, -0.25) is 14.4 Å². The highest BCUT2D eigenvalue weighted by Crippen LogP contribution is 2.30. The van der Waals surface area contributed by atoms with Gasteiger partial charge in [0.2, 0.25) is 5.91 Å². The van der Waals surface area contributed by atoms with E-state index in [4.69, 9.17) is 9.68 Å². The van der Waals surface area contributed by atoms with Gasteiger partial charge in [0.1, 0.15) is 6.04 Å². The molecule has 0 saturated carbocycles. The number of nitrogens with one attached hydrogen (secondary N) is 2. The van der Waals surface area contributed by atoms with Crippen LogP contribution in [0.2, 0.25) is 0 Å². The molecule has 4 amide bonds. The second-order valence-electron chi connectivity index (χ2n) is 6.90. The summed E-state index contributed by atoms with van der Waals surface area (Å²) in [6.45, 7) is 3.32. The van der Waals surface area contributed by atoms with Crippen LogP contribution in [0, 0.1) is 0 Å². The van der Waals surface area contributed by atoms with Crippen LogP contribution in [0.1, 0.15) is 26.7 Å². The lowest BCUT2D eigenvalue weighted by atomic mass is 10.0. The number of rotatable bonds is 8. The Kier molecular flexibility index (Phi) is 6.33. The van der Waals surface area contributed by atoms with E-state index in [1.54, 1.807) is 13.0 Å². The van der Waals surface area contributed by atoms with Gasteiger partial charge in [-0.2, -0.15) is 5.06 Å². The second kappa shape index (κ2) is 8.74. The van der Waals surface area contributed by atoms with E-state index in [9.17, 15) is 23.6 Å². The number of carbonyl (C=O) groups is 4. The Hall–Kier alpha value is -2.73. The summed E-state index contributed by atoms with van der Waals surface area (Å²) in [6.07, 6.45) is 0.166. The summed E-state index contributed by atoms with van der Waals surface area (Å²) in [6, 6.07) is -2.55. The van der Waals surface area contributed by atoms with Gasteiger partial charge in [-0.15, -0.1) is 0 Å². The molecule has 11 nitrogen and oxygen atoms in total. The molecule has 29 heavy (non-hydrogen) atoms. The number of urea groups is 1. The van der Waals surface area contributed by atoms with Crippen molar-refractivity contribution in [2.75, 3.05) is 19.8 Å². The molecule has 0 aromatic heterocycles. The smallest absolute Gasteiger partial charge is 0.370 e. The molecular weight excluding hydrogens is 391 g/mol. The minimum absolute atomic E-state index is 0.0299. The maximum Gasteiger partial charge on any atom is 0.370 e. The normalized spacial score (nSPS) is 26.9. The monoisotopic (exact) mass is 414 g/mol. The van der Waals surface area contributed by atoms with Gasteiger partial charge >= 0.3 is 18.4 Å². The molecule has 3 rings (SSSR count). The lowest BCUT2D eigenvalue weighted by Crippen LogP contribution is -2.50. The number of halogens is 1. The zero-order valence-corrected chi connectivity index (χ0v) is 16.1. The fraction of sp³-hybridized carbons (Fsp3) is 0.647. The van der Waals surface area contributed by atoms with Gasteiger partial charge in [-0.1, -0.05) is 6.08 Å². The van der Waals surface area contributed by atoms with Crippen LogP contribution in [-0.2, 0) is 28.8 Å². The zero-order chi connectivity index (χ0) is 21.1. The Morgan fingerprint density at radius 2 is 2.17 bits per heavy atom. The molecule has 0 aromatic rings. The van der Waals surface area contributed by atoms with E-state index in [1.165, 1.54) is 11.8 Å². The molecule has 2 fully saturated rings.